The monoisotopic (exact) mass is 433 g/mol. The average molecular weight is 434 g/mol. The van der Waals surface area contributed by atoms with E-state index in [0.29, 0.717) is 35.3 Å². The van der Waals surface area contributed by atoms with Gasteiger partial charge in [0, 0.05) is 30.0 Å². The number of fused-ring (bicyclic) bond motifs is 1. The van der Waals surface area contributed by atoms with E-state index in [0.717, 1.165) is 10.9 Å². The van der Waals surface area contributed by atoms with E-state index >= 15 is 0 Å². The molecule has 0 saturated carbocycles. The molecule has 0 aliphatic carbocycles. The fraction of sp³-hybridized carbons (Fsp3) is 0.333. The minimum Gasteiger partial charge on any atom is -0.368 e. The number of para-hydroxylation sites is 1. The first-order valence-electron chi connectivity index (χ1n) is 9.05. The van der Waals surface area contributed by atoms with Gasteiger partial charge in [-0.15, -0.1) is 0 Å². The van der Waals surface area contributed by atoms with Crippen molar-refractivity contribution in [3.63, 3.8) is 0 Å². The molecule has 1 unspecified atom stereocenters. The zero-order valence-corrected chi connectivity index (χ0v) is 17.3. The van der Waals surface area contributed by atoms with Crippen molar-refractivity contribution in [1.29, 1.82) is 0 Å². The highest BCUT2D eigenvalue weighted by Crippen LogP contribution is 2.35. The standard InChI is InChI=1S/C18H20ClN7O2S/c1-10(15-23-17(20)25-18(21)24-15)12-9-11-3-2-4-13(19)14(11)22-16(12)26-5-7-29(27,28)8-6-26/h2-4,9-10H,5-8H2,1H3,(H4,20,21,23,24,25). The molecule has 1 fully saturated rings. The predicted octanol–water partition coefficient (Wildman–Crippen LogP) is 1.62. The van der Waals surface area contributed by atoms with Gasteiger partial charge in [-0.25, -0.2) is 13.4 Å². The highest BCUT2D eigenvalue weighted by molar-refractivity contribution is 7.91. The molecule has 0 radical (unpaired) electrons. The molecule has 0 bridgehead atoms. The van der Waals surface area contributed by atoms with E-state index in [1.165, 1.54) is 0 Å². The summed E-state index contributed by atoms with van der Waals surface area (Å²) in [5.74, 6) is 1.02. The molecule has 152 valence electrons. The second kappa shape index (κ2) is 7.27. The molecule has 4 rings (SSSR count). The molecule has 1 saturated heterocycles. The summed E-state index contributed by atoms with van der Waals surface area (Å²) in [5.41, 5.74) is 13.0. The van der Waals surface area contributed by atoms with Crippen LogP contribution in [0.25, 0.3) is 10.9 Å². The number of anilines is 3. The molecule has 0 spiro atoms. The van der Waals surface area contributed by atoms with Crippen molar-refractivity contribution in [2.24, 2.45) is 0 Å². The van der Waals surface area contributed by atoms with Gasteiger partial charge in [-0.1, -0.05) is 30.7 Å². The first kappa shape index (κ1) is 19.6. The number of benzene rings is 1. The third-order valence-electron chi connectivity index (χ3n) is 4.99. The van der Waals surface area contributed by atoms with Gasteiger partial charge < -0.3 is 16.4 Å². The SMILES string of the molecule is CC(c1nc(N)nc(N)n1)c1cc2cccc(Cl)c2nc1N1CCS(=O)(=O)CC1. The Morgan fingerprint density at radius 2 is 1.72 bits per heavy atom. The van der Waals surface area contributed by atoms with Crippen LogP contribution in [0.5, 0.6) is 0 Å². The normalized spacial score (nSPS) is 17.4. The highest BCUT2D eigenvalue weighted by atomic mass is 35.5. The average Bonchev–Trinajstić information content (AvgIpc) is 2.66. The van der Waals surface area contributed by atoms with Crippen LogP contribution >= 0.6 is 11.6 Å². The summed E-state index contributed by atoms with van der Waals surface area (Å²) in [5, 5.41) is 1.39. The molecule has 4 N–H and O–H groups in total. The van der Waals surface area contributed by atoms with Crippen LogP contribution in [0.3, 0.4) is 0 Å². The van der Waals surface area contributed by atoms with Crippen LogP contribution in [-0.4, -0.2) is 52.9 Å². The molecule has 3 aromatic rings. The topological polar surface area (TPSA) is 141 Å². The van der Waals surface area contributed by atoms with Crippen LogP contribution in [-0.2, 0) is 9.84 Å². The molecule has 11 heteroatoms. The molecule has 1 aliphatic heterocycles. The zero-order chi connectivity index (χ0) is 20.8. The zero-order valence-electron chi connectivity index (χ0n) is 15.7. The van der Waals surface area contributed by atoms with Gasteiger partial charge in [0.25, 0.3) is 0 Å². The Balaban J connectivity index is 1.87. The summed E-state index contributed by atoms with van der Waals surface area (Å²) in [6.07, 6.45) is 0. The molecular weight excluding hydrogens is 414 g/mol. The van der Waals surface area contributed by atoms with Crippen molar-refractivity contribution in [3.8, 4) is 0 Å². The van der Waals surface area contributed by atoms with E-state index in [1.54, 1.807) is 6.07 Å². The van der Waals surface area contributed by atoms with E-state index in [9.17, 15) is 8.42 Å². The van der Waals surface area contributed by atoms with Gasteiger partial charge in [0.1, 0.15) is 11.6 Å². The van der Waals surface area contributed by atoms with Crippen LogP contribution in [0.2, 0.25) is 5.02 Å². The molecule has 29 heavy (non-hydrogen) atoms. The first-order valence-corrected chi connectivity index (χ1v) is 11.2. The molecular formula is C18H20ClN7O2S. The maximum Gasteiger partial charge on any atom is 0.225 e. The minimum absolute atomic E-state index is 0.0433. The third-order valence-corrected chi connectivity index (χ3v) is 6.90. The van der Waals surface area contributed by atoms with Crippen molar-refractivity contribution >= 4 is 50.1 Å². The van der Waals surface area contributed by atoms with Gasteiger partial charge in [0.05, 0.1) is 22.0 Å². The molecule has 3 heterocycles. The van der Waals surface area contributed by atoms with Gasteiger partial charge in [-0.05, 0) is 12.1 Å². The maximum atomic E-state index is 11.9. The van der Waals surface area contributed by atoms with E-state index < -0.39 is 9.84 Å². The fourth-order valence-corrected chi connectivity index (χ4v) is 4.85. The van der Waals surface area contributed by atoms with E-state index in [2.05, 4.69) is 15.0 Å². The summed E-state index contributed by atoms with van der Waals surface area (Å²) in [7, 11) is -3.03. The van der Waals surface area contributed by atoms with E-state index in [1.807, 2.05) is 30.0 Å². The number of sulfone groups is 1. The number of rotatable bonds is 3. The molecule has 0 amide bonds. The number of pyridine rings is 1. The maximum absolute atomic E-state index is 11.9. The highest BCUT2D eigenvalue weighted by Gasteiger charge is 2.27. The summed E-state index contributed by atoms with van der Waals surface area (Å²) >= 11 is 6.36. The Morgan fingerprint density at radius 1 is 1.07 bits per heavy atom. The molecule has 1 atom stereocenters. The number of nitrogens with two attached hydrogens (primary N) is 2. The van der Waals surface area contributed by atoms with Crippen molar-refractivity contribution in [2.75, 3.05) is 41.0 Å². The number of aromatic nitrogens is 4. The molecule has 1 aliphatic rings. The molecule has 2 aromatic heterocycles. The Labute approximate surface area is 173 Å². The van der Waals surface area contributed by atoms with E-state index in [-0.39, 0.29) is 29.3 Å². The second-order valence-electron chi connectivity index (χ2n) is 6.98. The summed E-state index contributed by atoms with van der Waals surface area (Å²) in [6, 6.07) is 7.53. The van der Waals surface area contributed by atoms with E-state index in [4.69, 9.17) is 28.1 Å². The van der Waals surface area contributed by atoms with Gasteiger partial charge in [0.2, 0.25) is 11.9 Å². The number of hydrogen-bond donors (Lipinski definition) is 2. The van der Waals surface area contributed by atoms with Crippen molar-refractivity contribution < 1.29 is 8.42 Å². The van der Waals surface area contributed by atoms with Crippen molar-refractivity contribution in [1.82, 2.24) is 19.9 Å². The lowest BCUT2D eigenvalue weighted by molar-refractivity contribution is 0.586. The Bertz CT molecular complexity index is 1170. The van der Waals surface area contributed by atoms with Gasteiger partial charge in [0.15, 0.2) is 9.84 Å². The smallest absolute Gasteiger partial charge is 0.225 e. The lowest BCUT2D eigenvalue weighted by Crippen LogP contribution is -2.41. The van der Waals surface area contributed by atoms with Crippen LogP contribution in [0.1, 0.15) is 24.2 Å². The first-order chi connectivity index (χ1) is 13.7. The lowest BCUT2D eigenvalue weighted by Gasteiger charge is -2.31. The number of hydrogen-bond acceptors (Lipinski definition) is 9. The van der Waals surface area contributed by atoms with Crippen LogP contribution < -0.4 is 16.4 Å². The van der Waals surface area contributed by atoms with Gasteiger partial charge in [-0.3, -0.25) is 0 Å². The van der Waals surface area contributed by atoms with Gasteiger partial charge >= 0.3 is 0 Å². The van der Waals surface area contributed by atoms with Crippen molar-refractivity contribution in [3.05, 3.63) is 40.7 Å². The van der Waals surface area contributed by atoms with Crippen LogP contribution in [0.4, 0.5) is 17.7 Å². The number of nitrogens with zero attached hydrogens (tertiary/aromatic N) is 5. The Hall–Kier alpha value is -2.72. The summed E-state index contributed by atoms with van der Waals surface area (Å²) in [6.45, 7) is 2.63. The van der Waals surface area contributed by atoms with Crippen LogP contribution in [0.15, 0.2) is 24.3 Å². The Kier molecular flexibility index (Phi) is 4.91. The Morgan fingerprint density at radius 3 is 2.38 bits per heavy atom. The third kappa shape index (κ3) is 3.90. The van der Waals surface area contributed by atoms with Gasteiger partial charge in [-0.2, -0.15) is 15.0 Å². The number of nitrogen functional groups attached to an aromatic ring is 2. The number of halogens is 1. The predicted molar refractivity (Wildman–Crippen MR) is 114 cm³/mol. The summed E-state index contributed by atoms with van der Waals surface area (Å²) < 4.78 is 23.8. The minimum atomic E-state index is -3.03. The molecule has 9 nitrogen and oxygen atoms in total. The lowest BCUT2D eigenvalue weighted by atomic mass is 9.98. The summed E-state index contributed by atoms with van der Waals surface area (Å²) in [4.78, 5) is 19.0. The molecule has 1 aromatic carbocycles. The quantitative estimate of drug-likeness (QED) is 0.629. The second-order valence-corrected chi connectivity index (χ2v) is 9.69. The largest absolute Gasteiger partial charge is 0.368 e. The fourth-order valence-electron chi connectivity index (χ4n) is 3.42. The van der Waals surface area contributed by atoms with Crippen LogP contribution in [0, 0.1) is 0 Å². The van der Waals surface area contributed by atoms with Crippen molar-refractivity contribution in [2.45, 2.75) is 12.8 Å².